The molecule has 0 aromatic heterocycles. The molecule has 0 spiro atoms. The third kappa shape index (κ3) is 10.9. The molecule has 1 saturated heterocycles. The van der Waals surface area contributed by atoms with Gasteiger partial charge in [-0.05, 0) is 31.0 Å². The fourth-order valence-corrected chi connectivity index (χ4v) is 3.05. The van der Waals surface area contributed by atoms with E-state index in [-0.39, 0.29) is 0 Å². The summed E-state index contributed by atoms with van der Waals surface area (Å²) in [6.45, 7) is 12.1. The van der Waals surface area contributed by atoms with Crippen LogP contribution in [-0.2, 0) is 15.9 Å². The first-order chi connectivity index (χ1) is 13.9. The van der Waals surface area contributed by atoms with Crippen molar-refractivity contribution in [3.63, 3.8) is 0 Å². The summed E-state index contributed by atoms with van der Waals surface area (Å²) in [5.74, 6) is 0.886. The van der Waals surface area contributed by atoms with Crippen LogP contribution in [0.25, 0.3) is 0 Å². The maximum atomic E-state index is 5.74. The van der Waals surface area contributed by atoms with E-state index in [4.69, 9.17) is 14.2 Å². The van der Waals surface area contributed by atoms with Crippen LogP contribution < -0.4 is 26.0 Å². The molecule has 7 heteroatoms. The van der Waals surface area contributed by atoms with Gasteiger partial charge in [0.1, 0.15) is 12.4 Å². The first-order valence-electron chi connectivity index (χ1n) is 10.6. The van der Waals surface area contributed by atoms with Gasteiger partial charge in [0.05, 0.1) is 19.8 Å². The van der Waals surface area contributed by atoms with Crippen molar-refractivity contribution in [2.24, 2.45) is 0 Å². The molecule has 1 aromatic carbocycles. The van der Waals surface area contributed by atoms with Gasteiger partial charge in [-0.15, -0.1) is 0 Å². The lowest BCUT2D eigenvalue weighted by molar-refractivity contribution is 0.0405. The second kappa shape index (κ2) is 15.7. The summed E-state index contributed by atoms with van der Waals surface area (Å²) in [5, 5.41) is 14.1. The van der Waals surface area contributed by atoms with E-state index in [0.717, 1.165) is 64.6 Å². The molecule has 1 aliphatic rings. The van der Waals surface area contributed by atoms with Crippen LogP contribution in [0.4, 0.5) is 0 Å². The van der Waals surface area contributed by atoms with Gasteiger partial charge in [0, 0.05) is 58.5 Å². The minimum Gasteiger partial charge on any atom is -0.491 e. The maximum Gasteiger partial charge on any atom is 0.119 e. The molecule has 0 bridgehead atoms. The largest absolute Gasteiger partial charge is 0.491 e. The van der Waals surface area contributed by atoms with Crippen LogP contribution in [-0.4, -0.2) is 84.9 Å². The van der Waals surface area contributed by atoms with E-state index < -0.39 is 0 Å². The fraction of sp³-hybridized carbons (Fsp3) is 0.714. The third-order valence-electron chi connectivity index (χ3n) is 4.56. The Hall–Kier alpha value is -1.22. The van der Waals surface area contributed by atoms with Crippen LogP contribution in [0.2, 0.25) is 0 Å². The number of benzene rings is 1. The summed E-state index contributed by atoms with van der Waals surface area (Å²) >= 11 is 0. The molecule has 1 atom stereocenters. The Bertz CT molecular complexity index is 475. The summed E-state index contributed by atoms with van der Waals surface area (Å²) in [7, 11) is 0. The summed E-state index contributed by atoms with van der Waals surface area (Å²) in [6, 6.07) is 8.83. The summed E-state index contributed by atoms with van der Waals surface area (Å²) in [6.07, 6.45) is 1.00. The number of hydrogen-bond acceptors (Lipinski definition) is 7. The molecule has 28 heavy (non-hydrogen) atoms. The van der Waals surface area contributed by atoms with E-state index in [1.165, 1.54) is 5.56 Å². The fourth-order valence-electron chi connectivity index (χ4n) is 3.05. The topological polar surface area (TPSA) is 75.8 Å². The van der Waals surface area contributed by atoms with Crippen LogP contribution >= 0.6 is 0 Å². The first kappa shape index (κ1) is 23.1. The minimum atomic E-state index is 0.423. The molecular weight excluding hydrogens is 356 g/mol. The molecule has 2 rings (SSSR count). The number of ether oxygens (including phenoxy) is 3. The average molecular weight is 395 g/mol. The van der Waals surface area contributed by atoms with E-state index in [1.807, 2.05) is 19.1 Å². The highest BCUT2D eigenvalue weighted by Crippen LogP contribution is 2.13. The van der Waals surface area contributed by atoms with Gasteiger partial charge in [-0.2, -0.15) is 0 Å². The second-order valence-corrected chi connectivity index (χ2v) is 6.86. The Morgan fingerprint density at radius 1 is 0.786 bits per heavy atom. The molecule has 0 radical (unpaired) electrons. The highest BCUT2D eigenvalue weighted by Gasteiger charge is 2.09. The number of hydrogen-bond donors (Lipinski definition) is 4. The van der Waals surface area contributed by atoms with Crippen LogP contribution in [0, 0.1) is 0 Å². The molecule has 160 valence electrons. The SMILES string of the molecule is CCOCCOCCOc1ccc(C[C@H]2CNCCNCCNCCN2)cc1. The van der Waals surface area contributed by atoms with Crippen molar-refractivity contribution in [3.05, 3.63) is 29.8 Å². The molecule has 1 heterocycles. The van der Waals surface area contributed by atoms with Crippen molar-refractivity contribution in [1.29, 1.82) is 0 Å². The van der Waals surface area contributed by atoms with E-state index in [0.29, 0.717) is 32.5 Å². The van der Waals surface area contributed by atoms with Crippen LogP contribution in [0.3, 0.4) is 0 Å². The Kier molecular flexibility index (Phi) is 12.9. The van der Waals surface area contributed by atoms with E-state index in [9.17, 15) is 0 Å². The van der Waals surface area contributed by atoms with Crippen LogP contribution in [0.1, 0.15) is 12.5 Å². The molecule has 1 aromatic rings. The minimum absolute atomic E-state index is 0.423. The summed E-state index contributed by atoms with van der Waals surface area (Å²) in [4.78, 5) is 0. The zero-order chi connectivity index (χ0) is 19.7. The highest BCUT2D eigenvalue weighted by molar-refractivity contribution is 5.27. The van der Waals surface area contributed by atoms with Gasteiger partial charge in [0.25, 0.3) is 0 Å². The third-order valence-corrected chi connectivity index (χ3v) is 4.56. The van der Waals surface area contributed by atoms with Gasteiger partial charge >= 0.3 is 0 Å². The molecule has 1 fully saturated rings. The Morgan fingerprint density at radius 3 is 2.18 bits per heavy atom. The van der Waals surface area contributed by atoms with Gasteiger partial charge < -0.3 is 35.5 Å². The number of nitrogens with one attached hydrogen (secondary N) is 4. The Balaban J connectivity index is 1.67. The molecular formula is C21H38N4O3. The first-order valence-corrected chi connectivity index (χ1v) is 10.6. The lowest BCUT2D eigenvalue weighted by Crippen LogP contribution is -2.46. The predicted octanol–water partition coefficient (Wildman–Crippen LogP) is 0.402. The lowest BCUT2D eigenvalue weighted by Gasteiger charge is -2.21. The predicted molar refractivity (Wildman–Crippen MR) is 113 cm³/mol. The van der Waals surface area contributed by atoms with Crippen molar-refractivity contribution >= 4 is 0 Å². The molecule has 0 unspecified atom stereocenters. The normalized spacial score (nSPS) is 19.5. The van der Waals surface area contributed by atoms with E-state index >= 15 is 0 Å². The van der Waals surface area contributed by atoms with E-state index in [1.54, 1.807) is 0 Å². The molecule has 1 aliphatic heterocycles. The van der Waals surface area contributed by atoms with Crippen molar-refractivity contribution in [1.82, 2.24) is 21.3 Å². The van der Waals surface area contributed by atoms with Crippen molar-refractivity contribution in [3.8, 4) is 5.75 Å². The van der Waals surface area contributed by atoms with Gasteiger partial charge in [0.2, 0.25) is 0 Å². The van der Waals surface area contributed by atoms with Gasteiger partial charge in [-0.3, -0.25) is 0 Å². The second-order valence-electron chi connectivity index (χ2n) is 6.86. The number of rotatable bonds is 10. The summed E-state index contributed by atoms with van der Waals surface area (Å²) < 4.78 is 16.4. The monoisotopic (exact) mass is 394 g/mol. The van der Waals surface area contributed by atoms with Crippen LogP contribution in [0.5, 0.6) is 5.75 Å². The van der Waals surface area contributed by atoms with E-state index in [2.05, 4.69) is 33.4 Å². The highest BCUT2D eigenvalue weighted by atomic mass is 16.5. The zero-order valence-electron chi connectivity index (χ0n) is 17.3. The van der Waals surface area contributed by atoms with Gasteiger partial charge in [-0.1, -0.05) is 12.1 Å². The van der Waals surface area contributed by atoms with Crippen LogP contribution in [0.15, 0.2) is 24.3 Å². The lowest BCUT2D eigenvalue weighted by atomic mass is 10.1. The Morgan fingerprint density at radius 2 is 1.43 bits per heavy atom. The molecule has 0 aliphatic carbocycles. The smallest absolute Gasteiger partial charge is 0.119 e. The van der Waals surface area contributed by atoms with Crippen molar-refractivity contribution in [2.75, 3.05) is 78.8 Å². The molecule has 7 nitrogen and oxygen atoms in total. The molecule has 4 N–H and O–H groups in total. The Labute approximate surface area is 169 Å². The van der Waals surface area contributed by atoms with Gasteiger partial charge in [0.15, 0.2) is 0 Å². The zero-order valence-corrected chi connectivity index (χ0v) is 17.3. The van der Waals surface area contributed by atoms with Crippen molar-refractivity contribution in [2.45, 2.75) is 19.4 Å². The van der Waals surface area contributed by atoms with Crippen molar-refractivity contribution < 1.29 is 14.2 Å². The standard InChI is InChI=1S/C21H38N4O3/c1-2-26-13-14-27-15-16-28-21-5-3-19(4-6-21)17-20-18-24-10-9-22-7-8-23-11-12-25-20/h3-6,20,22-25H,2,7-18H2,1H3/t20-/m0/s1. The quantitative estimate of drug-likeness (QED) is 0.428. The average Bonchev–Trinajstić information content (AvgIpc) is 2.70. The molecule has 0 saturated carbocycles. The maximum absolute atomic E-state index is 5.74. The summed E-state index contributed by atoms with van der Waals surface area (Å²) in [5.41, 5.74) is 1.32. The molecule has 0 amide bonds. The van der Waals surface area contributed by atoms with Gasteiger partial charge in [-0.25, -0.2) is 0 Å².